The van der Waals surface area contributed by atoms with Crippen LogP contribution in [0.25, 0.3) is 0 Å². The Kier molecular flexibility index (Phi) is 5.69. The minimum Gasteiger partial charge on any atom is -0.483 e. The molecule has 1 atom stereocenters. The zero-order valence-corrected chi connectivity index (χ0v) is 15.1. The van der Waals surface area contributed by atoms with Gasteiger partial charge in [-0.15, -0.1) is 0 Å². The van der Waals surface area contributed by atoms with Gasteiger partial charge in [-0.3, -0.25) is 4.79 Å². The van der Waals surface area contributed by atoms with Gasteiger partial charge in [0.2, 0.25) is 0 Å². The molecule has 0 unspecified atom stereocenters. The van der Waals surface area contributed by atoms with Gasteiger partial charge in [0, 0.05) is 5.56 Å². The average Bonchev–Trinajstić information content (AvgIpc) is 2.68. The second-order valence-corrected chi connectivity index (χ2v) is 6.31. The predicted molar refractivity (Wildman–Crippen MR) is 105 cm³/mol. The highest BCUT2D eigenvalue weighted by molar-refractivity contribution is 5.94. The number of rotatable bonds is 6. The number of benzene rings is 3. The summed E-state index contributed by atoms with van der Waals surface area (Å²) in [4.78, 5) is 12.4. The van der Waals surface area contributed by atoms with E-state index in [1.807, 2.05) is 80.6 Å². The third-order valence-corrected chi connectivity index (χ3v) is 4.32. The average molecular weight is 345 g/mol. The highest BCUT2D eigenvalue weighted by Gasteiger charge is 2.17. The molecule has 0 aliphatic heterocycles. The predicted octanol–water partition coefficient (Wildman–Crippen LogP) is 4.85. The summed E-state index contributed by atoms with van der Waals surface area (Å²) in [6.07, 6.45) is -0.260. The molecule has 3 aromatic carbocycles. The first-order valence-corrected chi connectivity index (χ1v) is 8.76. The van der Waals surface area contributed by atoms with Crippen LogP contribution in [0.5, 0.6) is 5.75 Å². The summed E-state index contributed by atoms with van der Waals surface area (Å²) in [5.41, 5.74) is 3.84. The largest absolute Gasteiger partial charge is 0.483 e. The number of nitrogens with one attached hydrogen (secondary N) is 1. The van der Waals surface area contributed by atoms with Gasteiger partial charge in [0.25, 0.3) is 5.91 Å². The number of carbonyl (C=O) groups is 1. The molecule has 132 valence electrons. The Labute approximate surface area is 154 Å². The molecule has 3 aromatic rings. The minimum absolute atomic E-state index is 0.100. The fourth-order valence-electron chi connectivity index (χ4n) is 2.90. The van der Waals surface area contributed by atoms with E-state index in [1.54, 1.807) is 12.1 Å². The molecule has 1 amide bonds. The van der Waals surface area contributed by atoms with E-state index in [1.165, 1.54) is 0 Å². The van der Waals surface area contributed by atoms with Gasteiger partial charge in [0.15, 0.2) is 0 Å². The highest BCUT2D eigenvalue weighted by atomic mass is 16.5. The molecule has 0 aliphatic carbocycles. The molecule has 3 nitrogen and oxygen atoms in total. The SMILES string of the molecule is Cc1cccc(C)c1O[C@@H](CNC(=O)c1ccccc1)c1ccccc1. The van der Waals surface area contributed by atoms with E-state index in [2.05, 4.69) is 5.32 Å². The summed E-state index contributed by atoms with van der Waals surface area (Å²) in [6, 6.07) is 25.3. The number of hydrogen-bond donors (Lipinski definition) is 1. The molecule has 0 aromatic heterocycles. The van der Waals surface area contributed by atoms with Crippen molar-refractivity contribution in [3.8, 4) is 5.75 Å². The van der Waals surface area contributed by atoms with Gasteiger partial charge in [-0.2, -0.15) is 0 Å². The lowest BCUT2D eigenvalue weighted by Crippen LogP contribution is -2.30. The summed E-state index contributed by atoms with van der Waals surface area (Å²) in [5.74, 6) is 0.770. The Morgan fingerprint density at radius 1 is 0.846 bits per heavy atom. The van der Waals surface area contributed by atoms with Crippen molar-refractivity contribution in [3.05, 3.63) is 101 Å². The fraction of sp³-hybridized carbons (Fsp3) is 0.174. The normalized spacial score (nSPS) is 11.6. The molecule has 3 rings (SSSR count). The van der Waals surface area contributed by atoms with Gasteiger partial charge in [-0.05, 0) is 42.7 Å². The van der Waals surface area contributed by atoms with Crippen LogP contribution in [0.2, 0.25) is 0 Å². The van der Waals surface area contributed by atoms with Gasteiger partial charge < -0.3 is 10.1 Å². The Bertz CT molecular complexity index is 840. The molecular formula is C23H23NO2. The van der Waals surface area contributed by atoms with Crippen molar-refractivity contribution < 1.29 is 9.53 Å². The van der Waals surface area contributed by atoms with Crippen molar-refractivity contribution >= 4 is 5.91 Å². The molecule has 0 fully saturated rings. The zero-order valence-electron chi connectivity index (χ0n) is 15.1. The lowest BCUT2D eigenvalue weighted by Gasteiger charge is -2.22. The maximum atomic E-state index is 12.4. The Hall–Kier alpha value is -3.07. The lowest BCUT2D eigenvalue weighted by atomic mass is 10.1. The smallest absolute Gasteiger partial charge is 0.251 e. The fourth-order valence-corrected chi connectivity index (χ4v) is 2.90. The number of para-hydroxylation sites is 1. The third-order valence-electron chi connectivity index (χ3n) is 4.32. The van der Waals surface area contributed by atoms with Crippen LogP contribution in [0.15, 0.2) is 78.9 Å². The van der Waals surface area contributed by atoms with E-state index in [9.17, 15) is 4.79 Å². The first-order chi connectivity index (χ1) is 12.6. The molecular weight excluding hydrogens is 322 g/mol. The number of hydrogen-bond acceptors (Lipinski definition) is 2. The van der Waals surface area contributed by atoms with E-state index in [0.29, 0.717) is 12.1 Å². The van der Waals surface area contributed by atoms with E-state index >= 15 is 0 Å². The van der Waals surface area contributed by atoms with Gasteiger partial charge >= 0.3 is 0 Å². The molecule has 0 saturated carbocycles. The quantitative estimate of drug-likeness (QED) is 0.693. The number of carbonyl (C=O) groups excluding carboxylic acids is 1. The monoisotopic (exact) mass is 345 g/mol. The van der Waals surface area contributed by atoms with Crippen molar-refractivity contribution in [1.29, 1.82) is 0 Å². The summed E-state index contributed by atoms with van der Waals surface area (Å²) >= 11 is 0. The summed E-state index contributed by atoms with van der Waals surface area (Å²) in [5, 5.41) is 2.99. The van der Waals surface area contributed by atoms with E-state index in [0.717, 1.165) is 22.4 Å². The zero-order chi connectivity index (χ0) is 18.4. The Morgan fingerprint density at radius 2 is 1.42 bits per heavy atom. The van der Waals surface area contributed by atoms with Crippen LogP contribution in [0.3, 0.4) is 0 Å². The van der Waals surface area contributed by atoms with Crippen molar-refractivity contribution in [2.24, 2.45) is 0 Å². The first kappa shape index (κ1) is 17.7. The van der Waals surface area contributed by atoms with E-state index in [4.69, 9.17) is 4.74 Å². The molecule has 3 heteroatoms. The molecule has 0 aliphatic rings. The van der Waals surface area contributed by atoms with Gasteiger partial charge in [-0.25, -0.2) is 0 Å². The second kappa shape index (κ2) is 8.34. The lowest BCUT2D eigenvalue weighted by molar-refractivity contribution is 0.0927. The molecule has 0 bridgehead atoms. The van der Waals surface area contributed by atoms with E-state index < -0.39 is 0 Å². The number of amides is 1. The summed E-state index contributed by atoms with van der Waals surface area (Å²) < 4.78 is 6.33. The van der Waals surface area contributed by atoms with Crippen LogP contribution in [-0.2, 0) is 0 Å². The maximum absolute atomic E-state index is 12.4. The molecule has 1 N–H and O–H groups in total. The summed E-state index contributed by atoms with van der Waals surface area (Å²) in [7, 11) is 0. The molecule has 0 radical (unpaired) electrons. The van der Waals surface area contributed by atoms with Crippen molar-refractivity contribution in [2.45, 2.75) is 20.0 Å². The third kappa shape index (κ3) is 4.31. The number of ether oxygens (including phenoxy) is 1. The Morgan fingerprint density at radius 3 is 2.04 bits per heavy atom. The number of aryl methyl sites for hydroxylation is 2. The van der Waals surface area contributed by atoms with Gasteiger partial charge in [0.05, 0.1) is 6.54 Å². The Balaban J connectivity index is 1.79. The van der Waals surface area contributed by atoms with Crippen LogP contribution in [0.4, 0.5) is 0 Å². The molecule has 0 saturated heterocycles. The second-order valence-electron chi connectivity index (χ2n) is 6.31. The van der Waals surface area contributed by atoms with Crippen LogP contribution in [0, 0.1) is 13.8 Å². The molecule has 0 heterocycles. The van der Waals surface area contributed by atoms with Crippen LogP contribution in [-0.4, -0.2) is 12.5 Å². The van der Waals surface area contributed by atoms with E-state index in [-0.39, 0.29) is 12.0 Å². The molecule has 0 spiro atoms. The van der Waals surface area contributed by atoms with Crippen molar-refractivity contribution in [1.82, 2.24) is 5.32 Å². The van der Waals surface area contributed by atoms with Gasteiger partial charge in [-0.1, -0.05) is 66.7 Å². The molecule has 26 heavy (non-hydrogen) atoms. The minimum atomic E-state index is -0.260. The van der Waals surface area contributed by atoms with Crippen LogP contribution < -0.4 is 10.1 Å². The van der Waals surface area contributed by atoms with Crippen molar-refractivity contribution in [3.63, 3.8) is 0 Å². The van der Waals surface area contributed by atoms with Crippen molar-refractivity contribution in [2.75, 3.05) is 6.54 Å². The first-order valence-electron chi connectivity index (χ1n) is 8.76. The summed E-state index contributed by atoms with van der Waals surface area (Å²) in [6.45, 7) is 4.46. The maximum Gasteiger partial charge on any atom is 0.251 e. The highest BCUT2D eigenvalue weighted by Crippen LogP contribution is 2.28. The topological polar surface area (TPSA) is 38.3 Å². The van der Waals surface area contributed by atoms with Gasteiger partial charge in [0.1, 0.15) is 11.9 Å². The van der Waals surface area contributed by atoms with Crippen LogP contribution >= 0.6 is 0 Å². The standard InChI is InChI=1S/C23H23NO2/c1-17-10-9-11-18(2)22(17)26-21(19-12-5-3-6-13-19)16-24-23(25)20-14-7-4-8-15-20/h3-15,21H,16H2,1-2H3,(H,24,25)/t21-/m0/s1. The van der Waals surface area contributed by atoms with Crippen LogP contribution in [0.1, 0.15) is 33.2 Å².